The van der Waals surface area contributed by atoms with E-state index in [9.17, 15) is 9.59 Å². The predicted molar refractivity (Wildman–Crippen MR) is 127 cm³/mol. The Balaban J connectivity index is 1.71. The number of nitrogens with one attached hydrogen (secondary N) is 2. The Bertz CT molecular complexity index is 1280. The summed E-state index contributed by atoms with van der Waals surface area (Å²) in [5.74, 6) is 1.09. The molecule has 0 aliphatic heterocycles. The monoisotopic (exact) mass is 456 g/mol. The molecule has 0 bridgehead atoms. The van der Waals surface area contributed by atoms with E-state index in [4.69, 9.17) is 20.3 Å². The average molecular weight is 457 g/mol. The maximum atomic E-state index is 12.4. The molecule has 3 aromatic heterocycles. The number of nitrogens with two attached hydrogens (primary N) is 2. The van der Waals surface area contributed by atoms with Crippen molar-refractivity contribution in [2.45, 2.75) is 0 Å². The van der Waals surface area contributed by atoms with Crippen molar-refractivity contribution in [1.29, 1.82) is 0 Å². The molecule has 10 nitrogen and oxygen atoms in total. The van der Waals surface area contributed by atoms with Crippen molar-refractivity contribution >= 4 is 33.9 Å². The van der Waals surface area contributed by atoms with Crippen LogP contribution >= 0.6 is 11.8 Å². The van der Waals surface area contributed by atoms with Gasteiger partial charge in [-0.2, -0.15) is 0 Å². The first-order chi connectivity index (χ1) is 15.2. The maximum Gasteiger partial charge on any atom is 0.332 e. The van der Waals surface area contributed by atoms with Crippen LogP contribution < -0.4 is 33.3 Å². The van der Waals surface area contributed by atoms with Crippen molar-refractivity contribution < 1.29 is 8.83 Å². The number of thioether (sulfide) groups is 1. The van der Waals surface area contributed by atoms with Crippen LogP contribution in [0, 0.1) is 0 Å². The van der Waals surface area contributed by atoms with Crippen molar-refractivity contribution in [1.82, 2.24) is 14.5 Å². The van der Waals surface area contributed by atoms with Gasteiger partial charge in [0.25, 0.3) is 5.56 Å². The lowest BCUT2D eigenvalue weighted by atomic mass is 10.3. The number of aromatic nitrogens is 2. The lowest BCUT2D eigenvalue weighted by Gasteiger charge is -2.16. The Kier molecular flexibility index (Phi) is 6.69. The largest absolute Gasteiger partial charge is 0.464 e. The first-order valence-corrected chi connectivity index (χ1v) is 10.2. The number of hydrogen-bond donors (Lipinski definition) is 4. The molecule has 3 rings (SSSR count). The van der Waals surface area contributed by atoms with Crippen molar-refractivity contribution in [2.75, 3.05) is 17.6 Å². The van der Waals surface area contributed by atoms with Gasteiger partial charge in [-0.3, -0.25) is 13.9 Å². The second kappa shape index (κ2) is 9.43. The van der Waals surface area contributed by atoms with Gasteiger partial charge in [0, 0.05) is 19.8 Å². The van der Waals surface area contributed by atoms with Crippen LogP contribution in [0.5, 0.6) is 0 Å². The van der Waals surface area contributed by atoms with Crippen molar-refractivity contribution in [2.24, 2.45) is 19.8 Å². The van der Waals surface area contributed by atoms with Crippen LogP contribution in [0.15, 0.2) is 79.1 Å². The summed E-state index contributed by atoms with van der Waals surface area (Å²) in [6.07, 6.45) is 3.07. The molecule has 0 spiro atoms. The summed E-state index contributed by atoms with van der Waals surface area (Å²) in [6.45, 7) is 8.10. The summed E-state index contributed by atoms with van der Waals surface area (Å²) in [7, 11) is 2.87. The SMILES string of the molecule is C=C(CNc1c(N)n(C)c(=O)n(C)c1=O)NC(=C)S/C(=C(\N)c1ccco1)c1ccco1. The smallest absolute Gasteiger partial charge is 0.332 e. The van der Waals surface area contributed by atoms with Gasteiger partial charge in [-0.1, -0.05) is 24.9 Å². The first-order valence-electron chi connectivity index (χ1n) is 9.39. The number of anilines is 2. The molecule has 0 aliphatic rings. The molecule has 0 amide bonds. The number of hydrogen-bond acceptors (Lipinski definition) is 9. The van der Waals surface area contributed by atoms with Crippen LogP contribution in [0.3, 0.4) is 0 Å². The van der Waals surface area contributed by atoms with E-state index in [1.165, 1.54) is 36.7 Å². The van der Waals surface area contributed by atoms with E-state index in [0.717, 1.165) is 4.57 Å². The Morgan fingerprint density at radius 3 is 2.31 bits per heavy atom. The van der Waals surface area contributed by atoms with E-state index < -0.39 is 11.2 Å². The zero-order valence-electron chi connectivity index (χ0n) is 17.7. The normalized spacial score (nSPS) is 11.7. The number of nitrogen functional groups attached to an aromatic ring is 1. The third-order valence-corrected chi connectivity index (χ3v) is 5.48. The van der Waals surface area contributed by atoms with Crippen LogP contribution in [0.4, 0.5) is 11.5 Å². The van der Waals surface area contributed by atoms with Crippen LogP contribution in [-0.4, -0.2) is 15.7 Å². The number of nitrogens with zero attached hydrogens (tertiary/aromatic N) is 2. The van der Waals surface area contributed by atoms with Gasteiger partial charge in [0.15, 0.2) is 5.76 Å². The molecular formula is C21H24N6O4S. The molecular weight excluding hydrogens is 432 g/mol. The van der Waals surface area contributed by atoms with Gasteiger partial charge < -0.3 is 30.9 Å². The lowest BCUT2D eigenvalue weighted by molar-refractivity contribution is 0.548. The van der Waals surface area contributed by atoms with Crippen molar-refractivity contribution in [3.63, 3.8) is 0 Å². The minimum absolute atomic E-state index is 0.0355. The molecule has 11 heteroatoms. The van der Waals surface area contributed by atoms with E-state index in [2.05, 4.69) is 23.8 Å². The highest BCUT2D eigenvalue weighted by Crippen LogP contribution is 2.36. The highest BCUT2D eigenvalue weighted by atomic mass is 32.2. The van der Waals surface area contributed by atoms with Gasteiger partial charge in [0.1, 0.15) is 17.3 Å². The fourth-order valence-electron chi connectivity index (χ4n) is 2.80. The summed E-state index contributed by atoms with van der Waals surface area (Å²) in [4.78, 5) is 24.9. The average Bonchev–Trinajstić information content (AvgIpc) is 3.48. The summed E-state index contributed by atoms with van der Waals surface area (Å²) in [5.41, 5.74) is 12.2. The van der Waals surface area contributed by atoms with Gasteiger partial charge in [-0.25, -0.2) is 4.79 Å². The third kappa shape index (κ3) is 4.67. The van der Waals surface area contributed by atoms with Crippen LogP contribution in [0.1, 0.15) is 11.5 Å². The number of furan rings is 2. The lowest BCUT2D eigenvalue weighted by Crippen LogP contribution is -2.40. The summed E-state index contributed by atoms with van der Waals surface area (Å²) in [5, 5.41) is 6.49. The zero-order valence-corrected chi connectivity index (χ0v) is 18.5. The minimum atomic E-state index is -0.527. The molecule has 3 aromatic rings. The van der Waals surface area contributed by atoms with Gasteiger partial charge in [0.05, 0.1) is 34.7 Å². The molecule has 0 aliphatic carbocycles. The second-order valence-electron chi connectivity index (χ2n) is 6.77. The molecule has 0 saturated carbocycles. The van der Waals surface area contributed by atoms with Crippen LogP contribution in [-0.2, 0) is 14.1 Å². The Morgan fingerprint density at radius 2 is 1.72 bits per heavy atom. The Hall–Kier alpha value is -3.99. The zero-order chi connectivity index (χ0) is 23.4. The molecule has 0 aromatic carbocycles. The fraction of sp³-hybridized carbons (Fsp3) is 0.143. The van der Waals surface area contributed by atoms with Gasteiger partial charge in [-0.05, 0) is 24.3 Å². The molecule has 0 atom stereocenters. The molecule has 3 heterocycles. The third-order valence-electron chi connectivity index (χ3n) is 4.51. The topological polar surface area (TPSA) is 146 Å². The molecule has 32 heavy (non-hydrogen) atoms. The quantitative estimate of drug-likeness (QED) is 0.380. The standard InChI is InChI=1S/C21H24N6O4S/c1-12(11-24-17-19(23)26(3)21(29)27(4)20(17)28)25-13(2)32-18(15-8-6-10-31-15)16(22)14-7-5-9-30-14/h5-10,24-25H,1-2,11,22-23H2,3-4H3/b18-16-. The van der Waals surface area contributed by atoms with E-state index in [1.54, 1.807) is 30.5 Å². The minimum Gasteiger partial charge on any atom is -0.464 e. The molecule has 0 unspecified atom stereocenters. The Labute approximate surface area is 187 Å². The van der Waals surface area contributed by atoms with E-state index >= 15 is 0 Å². The number of rotatable bonds is 9. The summed E-state index contributed by atoms with van der Waals surface area (Å²) >= 11 is 1.24. The highest BCUT2D eigenvalue weighted by Gasteiger charge is 2.17. The molecule has 0 saturated heterocycles. The van der Waals surface area contributed by atoms with Crippen LogP contribution in [0.2, 0.25) is 0 Å². The molecule has 0 fully saturated rings. The first kappa shape index (κ1) is 22.7. The highest BCUT2D eigenvalue weighted by molar-refractivity contribution is 8.11. The van der Waals surface area contributed by atoms with E-state index in [0.29, 0.717) is 32.8 Å². The maximum absolute atomic E-state index is 12.4. The van der Waals surface area contributed by atoms with Crippen LogP contribution in [0.25, 0.3) is 10.6 Å². The van der Waals surface area contributed by atoms with Gasteiger partial charge in [0.2, 0.25) is 0 Å². The van der Waals surface area contributed by atoms with Gasteiger partial charge >= 0.3 is 5.69 Å². The molecule has 0 radical (unpaired) electrons. The molecule has 6 N–H and O–H groups in total. The molecule has 168 valence electrons. The Morgan fingerprint density at radius 1 is 1.09 bits per heavy atom. The van der Waals surface area contributed by atoms with Crippen molar-refractivity contribution in [3.05, 3.63) is 93.0 Å². The summed E-state index contributed by atoms with van der Waals surface area (Å²) in [6, 6.07) is 7.01. The summed E-state index contributed by atoms with van der Waals surface area (Å²) < 4.78 is 13.1. The fourth-order valence-corrected chi connectivity index (χ4v) is 3.67. The predicted octanol–water partition coefficient (Wildman–Crippen LogP) is 2.06. The van der Waals surface area contributed by atoms with Crippen molar-refractivity contribution in [3.8, 4) is 0 Å². The second-order valence-corrected chi connectivity index (χ2v) is 7.88. The van der Waals surface area contributed by atoms with E-state index in [-0.39, 0.29) is 18.1 Å². The van der Waals surface area contributed by atoms with E-state index in [1.807, 2.05) is 0 Å². The van der Waals surface area contributed by atoms with Gasteiger partial charge in [-0.15, -0.1) is 0 Å².